The van der Waals surface area contributed by atoms with Gasteiger partial charge in [0.2, 0.25) is 0 Å². The first kappa shape index (κ1) is 24.9. The van der Waals surface area contributed by atoms with E-state index in [9.17, 15) is 9.59 Å². The lowest BCUT2D eigenvalue weighted by atomic mass is 9.87. The molecule has 0 unspecified atom stereocenters. The molecule has 2 amide bonds. The maximum Gasteiger partial charge on any atom is 0.269 e. The van der Waals surface area contributed by atoms with E-state index in [4.69, 9.17) is 23.8 Å². The third kappa shape index (κ3) is 5.88. The minimum atomic E-state index is -0.378. The Morgan fingerprint density at radius 3 is 2.17 bits per heavy atom. The fourth-order valence-electron chi connectivity index (χ4n) is 3.48. The number of hydrogen-bond donors (Lipinski definition) is 3. The second kappa shape index (κ2) is 10.2. The van der Waals surface area contributed by atoms with Crippen molar-refractivity contribution in [3.63, 3.8) is 0 Å². The molecule has 0 saturated carbocycles. The molecule has 0 spiro atoms. The highest BCUT2D eigenvalue weighted by molar-refractivity contribution is 7.80. The number of anilines is 2. The summed E-state index contributed by atoms with van der Waals surface area (Å²) in [5, 5.41) is 9.92. The fourth-order valence-corrected chi connectivity index (χ4v) is 5.10. The van der Waals surface area contributed by atoms with E-state index in [1.807, 2.05) is 48.5 Å². The van der Waals surface area contributed by atoms with Crippen LogP contribution in [0.2, 0.25) is 5.02 Å². The van der Waals surface area contributed by atoms with Gasteiger partial charge in [-0.25, -0.2) is 0 Å². The Balaban J connectivity index is 1.39. The molecule has 0 aliphatic carbocycles. The van der Waals surface area contributed by atoms with Gasteiger partial charge in [0.1, 0.15) is 4.88 Å². The number of nitrogens with one attached hydrogen (secondary N) is 3. The van der Waals surface area contributed by atoms with Gasteiger partial charge in [-0.3, -0.25) is 14.9 Å². The van der Waals surface area contributed by atoms with Gasteiger partial charge in [0, 0.05) is 27.0 Å². The molecule has 35 heavy (non-hydrogen) atoms. The molecule has 1 heterocycles. The Morgan fingerprint density at radius 2 is 1.51 bits per heavy atom. The highest BCUT2D eigenvalue weighted by Gasteiger charge is 2.18. The van der Waals surface area contributed by atoms with Crippen LogP contribution in [0.4, 0.5) is 11.4 Å². The number of benzene rings is 3. The normalized spacial score (nSPS) is 11.2. The van der Waals surface area contributed by atoms with Gasteiger partial charge in [0.25, 0.3) is 11.8 Å². The lowest BCUT2D eigenvalue weighted by Gasteiger charge is -2.19. The highest BCUT2D eigenvalue weighted by atomic mass is 35.5. The molecule has 0 bridgehead atoms. The van der Waals surface area contributed by atoms with Crippen molar-refractivity contribution in [3.05, 3.63) is 93.8 Å². The van der Waals surface area contributed by atoms with Crippen LogP contribution < -0.4 is 16.0 Å². The van der Waals surface area contributed by atoms with Gasteiger partial charge in [0.15, 0.2) is 5.11 Å². The van der Waals surface area contributed by atoms with Crippen LogP contribution in [0.25, 0.3) is 10.1 Å². The first-order valence-electron chi connectivity index (χ1n) is 10.9. The molecule has 0 saturated heterocycles. The molecule has 3 aromatic carbocycles. The number of halogens is 1. The summed E-state index contributed by atoms with van der Waals surface area (Å²) >= 11 is 13.0. The van der Waals surface area contributed by atoms with E-state index in [1.165, 1.54) is 11.3 Å². The number of thiophene rings is 1. The van der Waals surface area contributed by atoms with Crippen molar-refractivity contribution in [2.45, 2.75) is 26.2 Å². The van der Waals surface area contributed by atoms with Crippen molar-refractivity contribution in [2.24, 2.45) is 0 Å². The third-order valence-electron chi connectivity index (χ3n) is 5.36. The Morgan fingerprint density at radius 1 is 0.857 bits per heavy atom. The largest absolute Gasteiger partial charge is 0.332 e. The molecule has 0 atom stereocenters. The third-order valence-corrected chi connectivity index (χ3v) is 7.24. The maximum atomic E-state index is 12.7. The number of carbonyl (C=O) groups excluding carboxylic acids is 2. The molecule has 178 valence electrons. The van der Waals surface area contributed by atoms with Crippen molar-refractivity contribution < 1.29 is 9.59 Å². The van der Waals surface area contributed by atoms with Gasteiger partial charge >= 0.3 is 0 Å². The summed E-state index contributed by atoms with van der Waals surface area (Å²) < 4.78 is 0.929. The van der Waals surface area contributed by atoms with Crippen LogP contribution >= 0.6 is 35.2 Å². The van der Waals surface area contributed by atoms with Crippen molar-refractivity contribution in [1.82, 2.24) is 5.32 Å². The molecular weight excluding hydrogens is 498 g/mol. The lowest BCUT2D eigenvalue weighted by Crippen LogP contribution is -2.33. The fraction of sp³-hybridized carbons (Fsp3) is 0.148. The van der Waals surface area contributed by atoms with Gasteiger partial charge in [-0.2, -0.15) is 0 Å². The molecule has 0 fully saturated rings. The van der Waals surface area contributed by atoms with Crippen LogP contribution in [0.15, 0.2) is 72.8 Å². The van der Waals surface area contributed by atoms with Crippen LogP contribution in [0.3, 0.4) is 0 Å². The second-order valence-corrected chi connectivity index (χ2v) is 10.9. The predicted molar refractivity (Wildman–Crippen MR) is 150 cm³/mol. The lowest BCUT2D eigenvalue weighted by molar-refractivity contribution is 0.0980. The zero-order valence-corrected chi connectivity index (χ0v) is 21.8. The highest BCUT2D eigenvalue weighted by Crippen LogP contribution is 2.35. The number of amides is 2. The number of rotatable bonds is 4. The molecule has 4 rings (SSSR count). The van der Waals surface area contributed by atoms with Gasteiger partial charge in [-0.15, -0.1) is 11.3 Å². The van der Waals surface area contributed by atoms with Gasteiger partial charge in [-0.05, 0) is 59.6 Å². The Bertz CT molecular complexity index is 1420. The molecule has 5 nitrogen and oxygen atoms in total. The molecule has 1 aromatic heterocycles. The van der Waals surface area contributed by atoms with E-state index in [1.54, 1.807) is 24.3 Å². The van der Waals surface area contributed by atoms with Crippen molar-refractivity contribution >= 4 is 73.5 Å². The van der Waals surface area contributed by atoms with Crippen LogP contribution in [0.5, 0.6) is 0 Å². The molecule has 3 N–H and O–H groups in total. The Kier molecular flexibility index (Phi) is 7.21. The topological polar surface area (TPSA) is 70.2 Å². The average molecular weight is 522 g/mol. The van der Waals surface area contributed by atoms with Gasteiger partial charge in [-0.1, -0.05) is 68.8 Å². The minimum absolute atomic E-state index is 0.0190. The van der Waals surface area contributed by atoms with Crippen molar-refractivity contribution in [3.8, 4) is 0 Å². The molecule has 0 aliphatic heterocycles. The number of fused-ring (bicyclic) bond motifs is 1. The smallest absolute Gasteiger partial charge is 0.269 e. The molecule has 4 aromatic rings. The summed E-state index contributed by atoms with van der Waals surface area (Å²) in [5.41, 5.74) is 2.97. The minimum Gasteiger partial charge on any atom is -0.332 e. The summed E-state index contributed by atoms with van der Waals surface area (Å²) in [6.07, 6.45) is 0. The molecular formula is C27H24ClN3O2S2. The van der Waals surface area contributed by atoms with Crippen LogP contribution in [0, 0.1) is 0 Å². The Labute approximate surface area is 218 Å². The average Bonchev–Trinajstić information content (AvgIpc) is 3.15. The summed E-state index contributed by atoms with van der Waals surface area (Å²) in [5.74, 6) is -0.588. The number of thiocarbonyl (C=S) groups is 1. The first-order chi connectivity index (χ1) is 16.6. The monoisotopic (exact) mass is 521 g/mol. The standard InChI is InChI=1S/C27H24ClN3O2S2/c1-27(2,3)17-13-11-16(12-14-17)24(32)29-18-7-6-8-19(15-18)30-26(34)31-25(33)23-22(28)20-9-4-5-10-21(20)35-23/h4-15H,1-3H3,(H,29,32)(H2,30,31,33,34). The van der Waals surface area contributed by atoms with E-state index in [2.05, 4.69) is 36.7 Å². The van der Waals surface area contributed by atoms with Gasteiger partial charge < -0.3 is 10.6 Å². The van der Waals surface area contributed by atoms with E-state index in [-0.39, 0.29) is 22.3 Å². The predicted octanol–water partition coefficient (Wildman–Crippen LogP) is 7.23. The maximum absolute atomic E-state index is 12.7. The van der Waals surface area contributed by atoms with Crippen molar-refractivity contribution in [2.75, 3.05) is 10.6 Å². The van der Waals surface area contributed by atoms with E-state index in [0.717, 1.165) is 15.6 Å². The summed E-state index contributed by atoms with van der Waals surface area (Å²) in [4.78, 5) is 25.8. The molecule has 0 aliphatic rings. The molecule has 8 heteroatoms. The summed E-state index contributed by atoms with van der Waals surface area (Å²) in [6, 6.07) is 22.2. The molecule has 0 radical (unpaired) electrons. The first-order valence-corrected chi connectivity index (χ1v) is 12.5. The van der Waals surface area contributed by atoms with E-state index >= 15 is 0 Å². The van der Waals surface area contributed by atoms with Crippen LogP contribution in [0.1, 0.15) is 46.4 Å². The zero-order chi connectivity index (χ0) is 25.2. The van der Waals surface area contributed by atoms with Crippen molar-refractivity contribution in [1.29, 1.82) is 0 Å². The van der Waals surface area contributed by atoms with E-state index in [0.29, 0.717) is 26.8 Å². The van der Waals surface area contributed by atoms with Crippen LogP contribution in [-0.2, 0) is 5.41 Å². The van der Waals surface area contributed by atoms with Gasteiger partial charge in [0.05, 0.1) is 5.02 Å². The quantitative estimate of drug-likeness (QED) is 0.248. The Hall–Kier alpha value is -3.26. The summed E-state index contributed by atoms with van der Waals surface area (Å²) in [6.45, 7) is 6.39. The zero-order valence-electron chi connectivity index (χ0n) is 19.4. The number of carbonyl (C=O) groups is 2. The van der Waals surface area contributed by atoms with Crippen LogP contribution in [-0.4, -0.2) is 16.9 Å². The second-order valence-electron chi connectivity index (χ2n) is 9.01. The number of hydrogen-bond acceptors (Lipinski definition) is 4. The van der Waals surface area contributed by atoms with E-state index < -0.39 is 0 Å². The SMILES string of the molecule is CC(C)(C)c1ccc(C(=O)Nc2cccc(NC(=S)NC(=O)c3sc4ccccc4c3Cl)c2)cc1. The summed E-state index contributed by atoms with van der Waals surface area (Å²) in [7, 11) is 0.